The Morgan fingerprint density at radius 3 is 2.07 bits per heavy atom. The summed E-state index contributed by atoms with van der Waals surface area (Å²) in [6.45, 7) is 13.3. The molecule has 0 saturated heterocycles. The molecule has 1 fully saturated rings. The van der Waals surface area contributed by atoms with E-state index in [1.807, 2.05) is 0 Å². The van der Waals surface area contributed by atoms with Gasteiger partial charge in [0, 0.05) is 11.6 Å². The molecule has 0 amide bonds. The van der Waals surface area contributed by atoms with Crippen molar-refractivity contribution in [1.82, 2.24) is 5.32 Å². The molecule has 0 aromatic carbocycles. The number of ether oxygens (including phenoxy) is 1. The van der Waals surface area contributed by atoms with E-state index in [0.29, 0.717) is 24.2 Å². The van der Waals surface area contributed by atoms with Crippen LogP contribution in [0.1, 0.15) is 54.4 Å². The summed E-state index contributed by atoms with van der Waals surface area (Å²) in [6.07, 6.45) is 3.23. The summed E-state index contributed by atoms with van der Waals surface area (Å²) in [5.41, 5.74) is 0.235. The van der Waals surface area contributed by atoms with Gasteiger partial charge in [0.2, 0.25) is 0 Å². The average molecular weight is 213 g/mol. The number of hydrogen-bond donors (Lipinski definition) is 1. The third-order valence-electron chi connectivity index (χ3n) is 3.08. The van der Waals surface area contributed by atoms with Crippen LogP contribution in [0.5, 0.6) is 0 Å². The molecule has 2 nitrogen and oxygen atoms in total. The van der Waals surface area contributed by atoms with E-state index in [1.165, 1.54) is 12.8 Å². The highest BCUT2D eigenvalue weighted by molar-refractivity contribution is 4.90. The fraction of sp³-hybridized carbons (Fsp3) is 1.00. The van der Waals surface area contributed by atoms with Crippen LogP contribution >= 0.6 is 0 Å². The summed E-state index contributed by atoms with van der Waals surface area (Å²) in [7, 11) is 0. The van der Waals surface area contributed by atoms with Crippen LogP contribution in [0.25, 0.3) is 0 Å². The second kappa shape index (κ2) is 4.84. The lowest BCUT2D eigenvalue weighted by atomic mass is 9.87. The van der Waals surface area contributed by atoms with Gasteiger partial charge in [-0.2, -0.15) is 0 Å². The van der Waals surface area contributed by atoms with Gasteiger partial charge >= 0.3 is 0 Å². The summed E-state index contributed by atoms with van der Waals surface area (Å²) in [5, 5.41) is 3.61. The highest BCUT2D eigenvalue weighted by Crippen LogP contribution is 2.27. The maximum Gasteiger partial charge on any atom is 0.0608 e. The Hall–Kier alpha value is -0.0800. The van der Waals surface area contributed by atoms with Gasteiger partial charge in [-0.25, -0.2) is 0 Å². The smallest absolute Gasteiger partial charge is 0.0608 e. The molecule has 1 saturated carbocycles. The minimum Gasteiger partial charge on any atom is -0.375 e. The first kappa shape index (κ1) is 13.0. The van der Waals surface area contributed by atoms with Crippen LogP contribution in [0.4, 0.5) is 0 Å². The molecule has 0 radical (unpaired) electrons. The molecule has 1 N–H and O–H groups in total. The number of hydrogen-bond acceptors (Lipinski definition) is 2. The van der Waals surface area contributed by atoms with Gasteiger partial charge in [-0.3, -0.25) is 0 Å². The molecular weight excluding hydrogens is 186 g/mol. The molecule has 15 heavy (non-hydrogen) atoms. The van der Waals surface area contributed by atoms with Crippen LogP contribution in [0.15, 0.2) is 0 Å². The average Bonchev–Trinajstić information content (AvgIpc) is 1.97. The third-order valence-corrected chi connectivity index (χ3v) is 3.08. The molecule has 2 heteroatoms. The lowest BCUT2D eigenvalue weighted by Crippen LogP contribution is -2.53. The van der Waals surface area contributed by atoms with E-state index in [1.54, 1.807) is 0 Å². The zero-order valence-corrected chi connectivity index (χ0v) is 11.1. The molecule has 0 bridgehead atoms. The minimum atomic E-state index is 0.235. The van der Waals surface area contributed by atoms with E-state index in [0.717, 1.165) is 0 Å². The molecule has 0 aliphatic heterocycles. The second-order valence-corrected chi connectivity index (χ2v) is 6.27. The summed E-state index contributed by atoms with van der Waals surface area (Å²) in [6, 6.07) is 0.661. The SMILES string of the molecule is CC(C)[C@@H](C)O[C@H]1C[C@@H](NC(C)(C)C)C1. The topological polar surface area (TPSA) is 21.3 Å². The van der Waals surface area contributed by atoms with Crippen molar-refractivity contribution in [3.05, 3.63) is 0 Å². The molecule has 1 atom stereocenters. The first-order valence-corrected chi connectivity index (χ1v) is 6.21. The van der Waals surface area contributed by atoms with Crippen molar-refractivity contribution >= 4 is 0 Å². The predicted octanol–water partition coefficient (Wildman–Crippen LogP) is 2.97. The van der Waals surface area contributed by atoms with Crippen LogP contribution in [-0.4, -0.2) is 23.8 Å². The fourth-order valence-corrected chi connectivity index (χ4v) is 1.87. The quantitative estimate of drug-likeness (QED) is 0.775. The highest BCUT2D eigenvalue weighted by Gasteiger charge is 2.33. The largest absolute Gasteiger partial charge is 0.375 e. The minimum absolute atomic E-state index is 0.235. The third kappa shape index (κ3) is 4.52. The molecule has 1 aliphatic rings. The summed E-state index contributed by atoms with van der Waals surface area (Å²) in [5.74, 6) is 0.625. The zero-order valence-electron chi connectivity index (χ0n) is 11.1. The molecule has 0 aromatic rings. The predicted molar refractivity (Wildman–Crippen MR) is 65.1 cm³/mol. The standard InChI is InChI=1S/C13H27NO/c1-9(2)10(3)15-12-7-11(8-12)14-13(4,5)6/h9-12,14H,7-8H2,1-6H3/t10-,11-,12+/m1/s1. The van der Waals surface area contributed by atoms with Crippen molar-refractivity contribution < 1.29 is 4.74 Å². The normalized spacial score (nSPS) is 29.0. The van der Waals surface area contributed by atoms with Crippen molar-refractivity contribution in [3.8, 4) is 0 Å². The van der Waals surface area contributed by atoms with Gasteiger partial charge < -0.3 is 10.1 Å². The fourth-order valence-electron chi connectivity index (χ4n) is 1.87. The van der Waals surface area contributed by atoms with Crippen LogP contribution in [-0.2, 0) is 4.74 Å². The van der Waals surface area contributed by atoms with Crippen molar-refractivity contribution in [2.75, 3.05) is 0 Å². The summed E-state index contributed by atoms with van der Waals surface area (Å²) in [4.78, 5) is 0. The molecular formula is C13H27NO. The molecule has 90 valence electrons. The van der Waals surface area contributed by atoms with Gasteiger partial charge in [0.1, 0.15) is 0 Å². The Balaban J connectivity index is 2.15. The number of nitrogens with one attached hydrogen (secondary N) is 1. The van der Waals surface area contributed by atoms with E-state index in [2.05, 4.69) is 46.9 Å². The van der Waals surface area contributed by atoms with Gasteiger partial charge in [-0.1, -0.05) is 13.8 Å². The van der Waals surface area contributed by atoms with E-state index in [9.17, 15) is 0 Å². The summed E-state index contributed by atoms with van der Waals surface area (Å²) < 4.78 is 5.95. The molecule has 1 rings (SSSR count). The monoisotopic (exact) mass is 213 g/mol. The highest BCUT2D eigenvalue weighted by atomic mass is 16.5. The second-order valence-electron chi connectivity index (χ2n) is 6.27. The lowest BCUT2D eigenvalue weighted by molar-refractivity contribution is -0.0762. The molecule has 0 spiro atoms. The summed E-state index contributed by atoms with van der Waals surface area (Å²) >= 11 is 0. The Morgan fingerprint density at radius 1 is 1.13 bits per heavy atom. The van der Waals surface area contributed by atoms with Gasteiger partial charge in [-0.05, 0) is 46.5 Å². The Morgan fingerprint density at radius 2 is 1.67 bits per heavy atom. The molecule has 1 aliphatic carbocycles. The van der Waals surface area contributed by atoms with Gasteiger partial charge in [0.15, 0.2) is 0 Å². The first-order chi connectivity index (χ1) is 6.78. The van der Waals surface area contributed by atoms with E-state index < -0.39 is 0 Å². The van der Waals surface area contributed by atoms with Crippen LogP contribution in [0.3, 0.4) is 0 Å². The van der Waals surface area contributed by atoms with Gasteiger partial charge in [0.05, 0.1) is 12.2 Å². The Kier molecular flexibility index (Phi) is 4.19. The Bertz CT molecular complexity index is 189. The van der Waals surface area contributed by atoms with Gasteiger partial charge in [-0.15, -0.1) is 0 Å². The Labute approximate surface area is 94.8 Å². The maximum absolute atomic E-state index is 5.95. The van der Waals surface area contributed by atoms with Crippen LogP contribution < -0.4 is 5.32 Å². The zero-order chi connectivity index (χ0) is 11.6. The molecule has 0 unspecified atom stereocenters. The van der Waals surface area contributed by atoms with Crippen molar-refractivity contribution in [2.24, 2.45) is 5.92 Å². The van der Waals surface area contributed by atoms with Crippen LogP contribution in [0, 0.1) is 5.92 Å². The number of rotatable bonds is 4. The van der Waals surface area contributed by atoms with E-state index in [4.69, 9.17) is 4.74 Å². The van der Waals surface area contributed by atoms with Crippen molar-refractivity contribution in [1.29, 1.82) is 0 Å². The van der Waals surface area contributed by atoms with Crippen molar-refractivity contribution in [3.63, 3.8) is 0 Å². The molecule has 0 heterocycles. The lowest BCUT2D eigenvalue weighted by Gasteiger charge is -2.41. The van der Waals surface area contributed by atoms with E-state index in [-0.39, 0.29) is 5.54 Å². The van der Waals surface area contributed by atoms with Crippen molar-refractivity contribution in [2.45, 2.75) is 78.2 Å². The van der Waals surface area contributed by atoms with E-state index >= 15 is 0 Å². The molecule has 0 aromatic heterocycles. The van der Waals surface area contributed by atoms with Crippen LogP contribution in [0.2, 0.25) is 0 Å². The van der Waals surface area contributed by atoms with Gasteiger partial charge in [0.25, 0.3) is 0 Å². The first-order valence-electron chi connectivity index (χ1n) is 6.21. The maximum atomic E-state index is 5.95.